The fourth-order valence-electron chi connectivity index (χ4n) is 1.26. The van der Waals surface area contributed by atoms with E-state index in [1.165, 1.54) is 10.9 Å². The Morgan fingerprint density at radius 1 is 1.44 bits per heavy atom. The topological polar surface area (TPSA) is 88.1 Å². The van der Waals surface area contributed by atoms with Crippen LogP contribution >= 0.6 is 15.9 Å². The van der Waals surface area contributed by atoms with Crippen molar-refractivity contribution >= 4 is 27.9 Å². The number of rotatable bonds is 4. The summed E-state index contributed by atoms with van der Waals surface area (Å²) in [5, 5.41) is 6.52. The smallest absolute Gasteiger partial charge is 0.333 e. The minimum absolute atomic E-state index is 0.337. The zero-order valence-electron chi connectivity index (χ0n) is 10.3. The van der Waals surface area contributed by atoms with Crippen LogP contribution in [0.4, 0.5) is 4.79 Å². The summed E-state index contributed by atoms with van der Waals surface area (Å²) < 4.78 is 1.98. The average molecular weight is 318 g/mol. The summed E-state index contributed by atoms with van der Waals surface area (Å²) in [7, 11) is 1.64. The van der Waals surface area contributed by atoms with Crippen molar-refractivity contribution in [3.8, 4) is 0 Å². The van der Waals surface area contributed by atoms with E-state index in [-0.39, 0.29) is 0 Å². The van der Waals surface area contributed by atoms with Crippen LogP contribution in [0.25, 0.3) is 0 Å². The summed E-state index contributed by atoms with van der Waals surface area (Å²) in [5.41, 5.74) is 4.91. The molecule has 0 bridgehead atoms. The van der Waals surface area contributed by atoms with Gasteiger partial charge in [0.25, 0.3) is 5.91 Å². The number of carbonyl (C=O) groups is 2. The number of carbonyl (C=O) groups excluding carboxylic acids is 2. The van der Waals surface area contributed by atoms with Crippen molar-refractivity contribution in [3.63, 3.8) is 0 Å². The molecular weight excluding hydrogens is 302 g/mol. The normalized spacial score (nSPS) is 9.94. The van der Waals surface area contributed by atoms with Crippen molar-refractivity contribution in [2.24, 2.45) is 7.05 Å². The SMILES string of the molecule is CCCCNC(=O)NNC(=O)c1c(Br)cnn1C. The number of halogens is 1. The summed E-state index contributed by atoms with van der Waals surface area (Å²) in [6.07, 6.45) is 3.40. The number of urea groups is 1. The van der Waals surface area contributed by atoms with Gasteiger partial charge in [0, 0.05) is 13.6 Å². The second kappa shape index (κ2) is 7.00. The zero-order valence-corrected chi connectivity index (χ0v) is 11.9. The van der Waals surface area contributed by atoms with Crippen molar-refractivity contribution in [1.29, 1.82) is 0 Å². The van der Waals surface area contributed by atoms with Crippen LogP contribution in [-0.2, 0) is 7.05 Å². The predicted molar refractivity (Wildman–Crippen MR) is 69.8 cm³/mol. The number of nitrogens with one attached hydrogen (secondary N) is 3. The number of hydrogen-bond acceptors (Lipinski definition) is 3. The number of amides is 3. The van der Waals surface area contributed by atoms with Crippen LogP contribution in [0.1, 0.15) is 30.3 Å². The van der Waals surface area contributed by atoms with Gasteiger partial charge in [-0.05, 0) is 22.4 Å². The first kappa shape index (κ1) is 14.5. The summed E-state index contributed by atoms with van der Waals surface area (Å²) >= 11 is 3.20. The molecule has 0 atom stereocenters. The molecule has 1 aromatic rings. The first-order valence-electron chi connectivity index (χ1n) is 5.58. The highest BCUT2D eigenvalue weighted by Crippen LogP contribution is 2.14. The Labute approximate surface area is 113 Å². The molecule has 0 fully saturated rings. The molecule has 8 heteroatoms. The molecule has 1 heterocycles. The minimum Gasteiger partial charge on any atom is -0.337 e. The fourth-order valence-corrected chi connectivity index (χ4v) is 1.79. The van der Waals surface area contributed by atoms with E-state index in [4.69, 9.17) is 0 Å². The van der Waals surface area contributed by atoms with E-state index in [1.54, 1.807) is 7.05 Å². The molecule has 0 unspecified atom stereocenters. The number of aromatic nitrogens is 2. The summed E-state index contributed by atoms with van der Waals surface area (Å²) in [4.78, 5) is 23.0. The van der Waals surface area contributed by atoms with Crippen LogP contribution in [0.3, 0.4) is 0 Å². The van der Waals surface area contributed by atoms with Crippen LogP contribution in [0.5, 0.6) is 0 Å². The maximum atomic E-state index is 11.7. The Hall–Kier alpha value is -1.57. The lowest BCUT2D eigenvalue weighted by atomic mass is 10.3. The summed E-state index contributed by atoms with van der Waals surface area (Å²) in [5.74, 6) is -0.437. The molecular formula is C10H16BrN5O2. The van der Waals surface area contributed by atoms with E-state index in [2.05, 4.69) is 37.2 Å². The van der Waals surface area contributed by atoms with E-state index in [9.17, 15) is 9.59 Å². The maximum Gasteiger partial charge on any atom is 0.333 e. The second-order valence-electron chi connectivity index (χ2n) is 3.65. The van der Waals surface area contributed by atoms with Gasteiger partial charge in [0.15, 0.2) is 0 Å². The molecule has 0 aliphatic heterocycles. The third-order valence-corrected chi connectivity index (χ3v) is 2.79. The molecule has 0 aliphatic rings. The molecule has 0 spiro atoms. The highest BCUT2D eigenvalue weighted by Gasteiger charge is 2.15. The van der Waals surface area contributed by atoms with Crippen LogP contribution in [-0.4, -0.2) is 28.3 Å². The van der Waals surface area contributed by atoms with Crippen LogP contribution < -0.4 is 16.2 Å². The van der Waals surface area contributed by atoms with Gasteiger partial charge in [0.1, 0.15) is 5.69 Å². The van der Waals surface area contributed by atoms with Gasteiger partial charge >= 0.3 is 6.03 Å². The van der Waals surface area contributed by atoms with Gasteiger partial charge < -0.3 is 5.32 Å². The molecule has 3 amide bonds. The standard InChI is InChI=1S/C10H16BrN5O2/c1-3-4-5-12-10(18)15-14-9(17)8-7(11)6-13-16(8)2/h6H,3-5H2,1-2H3,(H,14,17)(H2,12,15,18). The van der Waals surface area contributed by atoms with E-state index in [1.807, 2.05) is 6.92 Å². The Morgan fingerprint density at radius 2 is 2.17 bits per heavy atom. The first-order chi connectivity index (χ1) is 8.56. The molecule has 1 rings (SSSR count). The van der Waals surface area contributed by atoms with E-state index in [0.717, 1.165) is 12.8 Å². The first-order valence-corrected chi connectivity index (χ1v) is 6.37. The van der Waals surface area contributed by atoms with Gasteiger partial charge in [-0.25, -0.2) is 10.2 Å². The maximum absolute atomic E-state index is 11.7. The highest BCUT2D eigenvalue weighted by atomic mass is 79.9. The molecule has 7 nitrogen and oxygen atoms in total. The van der Waals surface area contributed by atoms with Crippen molar-refractivity contribution < 1.29 is 9.59 Å². The third-order valence-electron chi connectivity index (χ3n) is 2.21. The number of aryl methyl sites for hydroxylation is 1. The summed E-state index contributed by atoms with van der Waals surface area (Å²) in [6.45, 7) is 2.61. The lowest BCUT2D eigenvalue weighted by molar-refractivity contribution is 0.0926. The number of hydrazine groups is 1. The van der Waals surface area contributed by atoms with Gasteiger partial charge in [0.05, 0.1) is 10.7 Å². The van der Waals surface area contributed by atoms with E-state index >= 15 is 0 Å². The van der Waals surface area contributed by atoms with Crippen LogP contribution in [0.2, 0.25) is 0 Å². The van der Waals surface area contributed by atoms with Crippen molar-refractivity contribution in [2.45, 2.75) is 19.8 Å². The molecule has 3 N–H and O–H groups in total. The van der Waals surface area contributed by atoms with Gasteiger partial charge in [0.2, 0.25) is 0 Å². The highest BCUT2D eigenvalue weighted by molar-refractivity contribution is 9.10. The molecule has 0 saturated heterocycles. The van der Waals surface area contributed by atoms with Gasteiger partial charge in [-0.1, -0.05) is 13.3 Å². The Kier molecular flexibility index (Phi) is 5.63. The van der Waals surface area contributed by atoms with Gasteiger partial charge in [-0.2, -0.15) is 5.10 Å². The quantitative estimate of drug-likeness (QED) is 0.570. The molecule has 0 radical (unpaired) electrons. The van der Waals surface area contributed by atoms with Crippen molar-refractivity contribution in [2.75, 3.05) is 6.54 Å². The van der Waals surface area contributed by atoms with E-state index in [0.29, 0.717) is 16.7 Å². The van der Waals surface area contributed by atoms with Crippen molar-refractivity contribution in [3.05, 3.63) is 16.4 Å². The number of unbranched alkanes of at least 4 members (excludes halogenated alkanes) is 1. The number of hydrogen-bond donors (Lipinski definition) is 3. The molecule has 0 aromatic carbocycles. The van der Waals surface area contributed by atoms with Gasteiger partial charge in [-0.15, -0.1) is 0 Å². The monoisotopic (exact) mass is 317 g/mol. The van der Waals surface area contributed by atoms with Crippen LogP contribution in [0.15, 0.2) is 10.7 Å². The average Bonchev–Trinajstić information content (AvgIpc) is 2.66. The summed E-state index contributed by atoms with van der Waals surface area (Å²) in [6, 6.07) is -0.435. The Morgan fingerprint density at radius 3 is 2.72 bits per heavy atom. The molecule has 18 heavy (non-hydrogen) atoms. The largest absolute Gasteiger partial charge is 0.337 e. The Balaban J connectivity index is 2.40. The minimum atomic E-state index is -0.437. The Bertz CT molecular complexity index is 412. The second-order valence-corrected chi connectivity index (χ2v) is 4.51. The van der Waals surface area contributed by atoms with Crippen LogP contribution in [0, 0.1) is 0 Å². The zero-order chi connectivity index (χ0) is 13.5. The molecule has 1 aromatic heterocycles. The third kappa shape index (κ3) is 4.02. The lowest BCUT2D eigenvalue weighted by Gasteiger charge is -2.08. The van der Waals surface area contributed by atoms with Gasteiger partial charge in [-0.3, -0.25) is 14.9 Å². The number of nitrogens with zero attached hydrogens (tertiary/aromatic N) is 2. The molecule has 100 valence electrons. The molecule has 0 aliphatic carbocycles. The van der Waals surface area contributed by atoms with Crippen molar-refractivity contribution in [1.82, 2.24) is 25.9 Å². The lowest BCUT2D eigenvalue weighted by Crippen LogP contribution is -2.47. The van der Waals surface area contributed by atoms with E-state index < -0.39 is 11.9 Å². The molecule has 0 saturated carbocycles. The fraction of sp³-hybridized carbons (Fsp3) is 0.500. The predicted octanol–water partition coefficient (Wildman–Crippen LogP) is 0.927.